The van der Waals surface area contributed by atoms with Gasteiger partial charge in [-0.25, -0.2) is 0 Å². The third kappa shape index (κ3) is 3.71. The van der Waals surface area contributed by atoms with Crippen LogP contribution in [0.2, 0.25) is 5.02 Å². The number of carbonyl (C=O) groups is 1. The summed E-state index contributed by atoms with van der Waals surface area (Å²) in [4.78, 5) is 11.2. The van der Waals surface area contributed by atoms with Gasteiger partial charge in [-0.3, -0.25) is 4.79 Å². The first-order valence-corrected chi connectivity index (χ1v) is 7.24. The number of fused-ring (bicyclic) bond motifs is 1. The van der Waals surface area contributed by atoms with Crippen LogP contribution in [0, 0.1) is 0 Å². The van der Waals surface area contributed by atoms with E-state index in [1.54, 1.807) is 0 Å². The molecule has 1 aromatic rings. The number of rotatable bonds is 5. The highest BCUT2D eigenvalue weighted by Gasteiger charge is 2.24. The van der Waals surface area contributed by atoms with E-state index in [0.29, 0.717) is 6.42 Å². The van der Waals surface area contributed by atoms with Crippen molar-refractivity contribution in [2.24, 2.45) is 0 Å². The Morgan fingerprint density at radius 1 is 1.53 bits per heavy atom. The molecule has 0 spiro atoms. The Morgan fingerprint density at radius 2 is 2.32 bits per heavy atom. The average Bonchev–Trinajstić information content (AvgIpc) is 2.38. The van der Waals surface area contributed by atoms with Crippen LogP contribution >= 0.6 is 11.6 Å². The van der Waals surface area contributed by atoms with Gasteiger partial charge in [-0.05, 0) is 48.9 Å². The summed E-state index contributed by atoms with van der Waals surface area (Å²) in [7, 11) is 0. The molecule has 1 unspecified atom stereocenters. The molecule has 1 aromatic carbocycles. The maximum Gasteiger partial charge on any atom is 0.320 e. The van der Waals surface area contributed by atoms with Crippen molar-refractivity contribution in [2.75, 3.05) is 0 Å². The lowest BCUT2D eigenvalue weighted by atomic mass is 9.88. The number of aryl methyl sites for hydroxylation is 1. The fraction of sp³-hybridized carbons (Fsp3) is 0.533. The molecule has 0 heterocycles. The molecular weight excluding hydrogens is 262 g/mol. The van der Waals surface area contributed by atoms with Crippen LogP contribution in [0.1, 0.15) is 37.3 Å². The third-order valence-corrected chi connectivity index (χ3v) is 3.94. The van der Waals surface area contributed by atoms with Gasteiger partial charge in [-0.2, -0.15) is 0 Å². The van der Waals surface area contributed by atoms with Gasteiger partial charge in [-0.1, -0.05) is 31.0 Å². The molecule has 0 fully saturated rings. The van der Waals surface area contributed by atoms with Gasteiger partial charge in [0.1, 0.15) is 6.04 Å². The fourth-order valence-corrected chi connectivity index (χ4v) is 2.91. The molecule has 1 aliphatic rings. The zero-order valence-electron chi connectivity index (χ0n) is 11.2. The van der Waals surface area contributed by atoms with Crippen LogP contribution in [0.15, 0.2) is 18.2 Å². The number of benzene rings is 1. The van der Waals surface area contributed by atoms with E-state index < -0.39 is 12.0 Å². The van der Waals surface area contributed by atoms with Crippen LogP contribution in [0.25, 0.3) is 0 Å². The molecule has 104 valence electrons. The summed E-state index contributed by atoms with van der Waals surface area (Å²) in [6, 6.07) is 5.81. The van der Waals surface area contributed by atoms with Gasteiger partial charge in [0.05, 0.1) is 0 Å². The molecule has 0 saturated heterocycles. The van der Waals surface area contributed by atoms with E-state index in [1.165, 1.54) is 11.1 Å². The first-order chi connectivity index (χ1) is 9.10. The highest BCUT2D eigenvalue weighted by molar-refractivity contribution is 6.30. The predicted molar refractivity (Wildman–Crippen MR) is 76.7 cm³/mol. The predicted octanol–water partition coefficient (Wildman–Crippen LogP) is 3.04. The molecule has 2 N–H and O–H groups in total. The zero-order valence-corrected chi connectivity index (χ0v) is 11.9. The van der Waals surface area contributed by atoms with E-state index in [-0.39, 0.29) is 6.04 Å². The molecule has 0 bridgehead atoms. The van der Waals surface area contributed by atoms with E-state index >= 15 is 0 Å². The van der Waals surface area contributed by atoms with Crippen LogP contribution < -0.4 is 5.32 Å². The van der Waals surface area contributed by atoms with Crippen LogP contribution in [0.3, 0.4) is 0 Å². The number of nitrogens with one attached hydrogen (secondary N) is 1. The minimum absolute atomic E-state index is 0.251. The normalized spacial score (nSPS) is 19.8. The lowest BCUT2D eigenvalue weighted by Crippen LogP contribution is -2.45. The maximum atomic E-state index is 11.2. The molecule has 0 saturated carbocycles. The summed E-state index contributed by atoms with van der Waals surface area (Å²) in [5, 5.41) is 13.2. The number of aliphatic carboxylic acids is 1. The first kappa shape index (κ1) is 14.4. The van der Waals surface area contributed by atoms with Gasteiger partial charge < -0.3 is 10.4 Å². The summed E-state index contributed by atoms with van der Waals surface area (Å²) >= 11 is 5.99. The van der Waals surface area contributed by atoms with E-state index in [2.05, 4.69) is 11.4 Å². The van der Waals surface area contributed by atoms with E-state index in [9.17, 15) is 9.90 Å². The fourth-order valence-electron chi connectivity index (χ4n) is 2.72. The standard InChI is InChI=1S/C15H20ClNO2/c1-2-3-14(15(18)19)17-13-7-5-10-8-12(16)6-4-11(10)9-13/h4,6,8,13-14,17H,2-3,5,7,9H2,1H3,(H,18,19)/t13?,14-/m0/s1. The molecule has 3 nitrogen and oxygen atoms in total. The summed E-state index contributed by atoms with van der Waals surface area (Å²) in [6.07, 6.45) is 4.38. The molecule has 0 amide bonds. The van der Waals surface area contributed by atoms with E-state index in [4.69, 9.17) is 11.6 Å². The summed E-state index contributed by atoms with van der Waals surface area (Å²) in [6.45, 7) is 2.01. The van der Waals surface area contributed by atoms with Crippen molar-refractivity contribution in [3.05, 3.63) is 34.3 Å². The lowest BCUT2D eigenvalue weighted by Gasteiger charge is -2.28. The van der Waals surface area contributed by atoms with Crippen LogP contribution in [-0.4, -0.2) is 23.2 Å². The highest BCUT2D eigenvalue weighted by atomic mass is 35.5. The minimum atomic E-state index is -0.747. The summed E-state index contributed by atoms with van der Waals surface area (Å²) < 4.78 is 0. The number of carboxylic acids is 1. The van der Waals surface area contributed by atoms with Gasteiger partial charge >= 0.3 is 5.97 Å². The van der Waals surface area contributed by atoms with Gasteiger partial charge in [0.15, 0.2) is 0 Å². The van der Waals surface area contributed by atoms with Crippen molar-refractivity contribution in [1.82, 2.24) is 5.32 Å². The van der Waals surface area contributed by atoms with Crippen molar-refractivity contribution in [3.8, 4) is 0 Å². The number of hydrogen-bond acceptors (Lipinski definition) is 2. The number of carboxylic acid groups (broad SMARTS) is 1. The second-order valence-corrected chi connectivity index (χ2v) is 5.64. The number of hydrogen-bond donors (Lipinski definition) is 2. The quantitative estimate of drug-likeness (QED) is 0.872. The summed E-state index contributed by atoms with van der Waals surface area (Å²) in [5.74, 6) is -0.747. The van der Waals surface area contributed by atoms with Gasteiger partial charge in [-0.15, -0.1) is 0 Å². The van der Waals surface area contributed by atoms with E-state index in [1.807, 2.05) is 19.1 Å². The molecule has 4 heteroatoms. The molecule has 19 heavy (non-hydrogen) atoms. The molecule has 0 radical (unpaired) electrons. The highest BCUT2D eigenvalue weighted by Crippen LogP contribution is 2.25. The Hall–Kier alpha value is -1.06. The van der Waals surface area contributed by atoms with Crippen LogP contribution in [0.5, 0.6) is 0 Å². The van der Waals surface area contributed by atoms with Crippen molar-refractivity contribution in [3.63, 3.8) is 0 Å². The van der Waals surface area contributed by atoms with Gasteiger partial charge in [0.25, 0.3) is 0 Å². The molecular formula is C15H20ClNO2. The Balaban J connectivity index is 2.01. The second kappa shape index (κ2) is 6.40. The first-order valence-electron chi connectivity index (χ1n) is 6.86. The lowest BCUT2D eigenvalue weighted by molar-refractivity contribution is -0.139. The average molecular weight is 282 g/mol. The Bertz CT molecular complexity index is 461. The van der Waals surface area contributed by atoms with Crippen molar-refractivity contribution in [1.29, 1.82) is 0 Å². The monoisotopic (exact) mass is 281 g/mol. The minimum Gasteiger partial charge on any atom is -0.480 e. The second-order valence-electron chi connectivity index (χ2n) is 5.20. The van der Waals surface area contributed by atoms with Gasteiger partial charge in [0, 0.05) is 11.1 Å². The van der Waals surface area contributed by atoms with Crippen molar-refractivity contribution >= 4 is 17.6 Å². The molecule has 2 atom stereocenters. The van der Waals surface area contributed by atoms with Crippen molar-refractivity contribution in [2.45, 2.75) is 51.1 Å². The Labute approximate surface area is 119 Å². The molecule has 2 rings (SSSR count). The van der Waals surface area contributed by atoms with Crippen LogP contribution in [-0.2, 0) is 17.6 Å². The summed E-state index contributed by atoms with van der Waals surface area (Å²) in [5.41, 5.74) is 2.58. The molecule has 0 aromatic heterocycles. The van der Waals surface area contributed by atoms with Gasteiger partial charge in [0.2, 0.25) is 0 Å². The maximum absolute atomic E-state index is 11.2. The smallest absolute Gasteiger partial charge is 0.320 e. The molecule has 1 aliphatic carbocycles. The number of halogens is 1. The Kier molecular flexibility index (Phi) is 4.83. The Morgan fingerprint density at radius 3 is 3.00 bits per heavy atom. The SMILES string of the molecule is CCC[C@H](NC1CCc2cc(Cl)ccc2C1)C(=O)O. The largest absolute Gasteiger partial charge is 0.480 e. The zero-order chi connectivity index (χ0) is 13.8. The molecule has 0 aliphatic heterocycles. The topological polar surface area (TPSA) is 49.3 Å². The van der Waals surface area contributed by atoms with Crippen LogP contribution in [0.4, 0.5) is 0 Å². The van der Waals surface area contributed by atoms with Crippen molar-refractivity contribution < 1.29 is 9.90 Å². The third-order valence-electron chi connectivity index (χ3n) is 3.71. The van der Waals surface area contributed by atoms with E-state index in [0.717, 1.165) is 30.7 Å².